The molecule has 0 fully saturated rings. The fraction of sp³-hybridized carbons (Fsp3) is 0.350. The van der Waals surface area contributed by atoms with Crippen LogP contribution < -0.4 is 14.4 Å². The molecule has 1 N–H and O–H groups in total. The number of nitrogens with zero attached hydrogens (tertiary/aromatic N) is 1. The number of benzene rings is 2. The first-order chi connectivity index (χ1) is 13.2. The van der Waals surface area contributed by atoms with Crippen LogP contribution in [0.1, 0.15) is 18.9 Å². The molecule has 8 heteroatoms. The molecule has 1 atom stereocenters. The molecule has 0 aliphatic rings. The van der Waals surface area contributed by atoms with E-state index >= 15 is 0 Å². The van der Waals surface area contributed by atoms with Gasteiger partial charge in [0.05, 0.1) is 18.5 Å². The van der Waals surface area contributed by atoms with Crippen molar-refractivity contribution >= 4 is 33.2 Å². The Bertz CT molecular complexity index is 904. The molecule has 28 heavy (non-hydrogen) atoms. The van der Waals surface area contributed by atoms with E-state index in [1.165, 1.54) is 0 Å². The van der Waals surface area contributed by atoms with Crippen molar-refractivity contribution in [3.8, 4) is 5.75 Å². The van der Waals surface area contributed by atoms with Crippen LogP contribution in [0, 0.1) is 6.92 Å². The number of para-hydroxylation sites is 1. The minimum Gasteiger partial charge on any atom is -0.492 e. The molecular formula is C20H25ClN2O4S. The quantitative estimate of drug-likeness (QED) is 0.626. The first-order valence-corrected chi connectivity index (χ1v) is 11.2. The lowest BCUT2D eigenvalue weighted by Crippen LogP contribution is -2.49. The van der Waals surface area contributed by atoms with Gasteiger partial charge in [0.15, 0.2) is 0 Å². The minimum atomic E-state index is -3.63. The number of hydrogen-bond donors (Lipinski definition) is 1. The van der Waals surface area contributed by atoms with Crippen LogP contribution in [0.4, 0.5) is 5.69 Å². The van der Waals surface area contributed by atoms with Gasteiger partial charge in [0.1, 0.15) is 18.4 Å². The Morgan fingerprint density at radius 1 is 1.21 bits per heavy atom. The van der Waals surface area contributed by atoms with E-state index in [2.05, 4.69) is 5.32 Å². The molecule has 152 valence electrons. The van der Waals surface area contributed by atoms with Gasteiger partial charge in [-0.2, -0.15) is 0 Å². The van der Waals surface area contributed by atoms with Gasteiger partial charge >= 0.3 is 0 Å². The van der Waals surface area contributed by atoms with Crippen molar-refractivity contribution in [1.82, 2.24) is 5.32 Å². The first-order valence-electron chi connectivity index (χ1n) is 8.95. The summed E-state index contributed by atoms with van der Waals surface area (Å²) in [6.07, 6.45) is 1.43. The van der Waals surface area contributed by atoms with Gasteiger partial charge in [0.2, 0.25) is 15.9 Å². The van der Waals surface area contributed by atoms with Gasteiger partial charge in [0, 0.05) is 5.02 Å². The van der Waals surface area contributed by atoms with Crippen molar-refractivity contribution in [3.05, 3.63) is 59.1 Å². The summed E-state index contributed by atoms with van der Waals surface area (Å²) in [5.41, 5.74) is 1.41. The summed E-state index contributed by atoms with van der Waals surface area (Å²) in [5, 5.41) is 3.36. The maximum Gasteiger partial charge on any atom is 0.244 e. The van der Waals surface area contributed by atoms with E-state index in [0.717, 1.165) is 16.1 Å². The second-order valence-electron chi connectivity index (χ2n) is 6.37. The molecule has 2 aromatic carbocycles. The van der Waals surface area contributed by atoms with Crippen molar-refractivity contribution in [3.63, 3.8) is 0 Å². The highest BCUT2D eigenvalue weighted by atomic mass is 35.5. The van der Waals surface area contributed by atoms with E-state index in [9.17, 15) is 13.2 Å². The Balaban J connectivity index is 2.00. The standard InChI is InChI=1S/C20H25ClN2O4S/c1-4-19(23(28(3,25)26)16-8-6-5-7-9-16)20(24)22-12-13-27-17-11-10-15(2)18(21)14-17/h5-11,14,19H,4,12-13H2,1-3H3,(H,22,24)/t19-/m0/s1. The SMILES string of the molecule is CC[C@@H](C(=O)NCCOc1ccc(C)c(Cl)c1)N(c1ccccc1)S(C)(=O)=O. The second kappa shape index (κ2) is 9.80. The van der Waals surface area contributed by atoms with Crippen molar-refractivity contribution in [2.45, 2.75) is 26.3 Å². The lowest BCUT2D eigenvalue weighted by atomic mass is 10.2. The molecule has 2 rings (SSSR count). The summed E-state index contributed by atoms with van der Waals surface area (Å²) >= 11 is 6.06. The number of hydrogen-bond acceptors (Lipinski definition) is 4. The van der Waals surface area contributed by atoms with Gasteiger partial charge in [-0.25, -0.2) is 8.42 Å². The van der Waals surface area contributed by atoms with E-state index in [1.807, 2.05) is 13.0 Å². The number of amides is 1. The molecule has 0 saturated heterocycles. The second-order valence-corrected chi connectivity index (χ2v) is 8.64. The third-order valence-electron chi connectivity index (χ3n) is 4.15. The Kier molecular flexibility index (Phi) is 7.71. The summed E-state index contributed by atoms with van der Waals surface area (Å²) in [4.78, 5) is 12.7. The predicted octanol–water partition coefficient (Wildman–Crippen LogP) is 3.39. The maximum absolute atomic E-state index is 12.7. The average Bonchev–Trinajstić information content (AvgIpc) is 2.65. The van der Waals surface area contributed by atoms with E-state index in [1.54, 1.807) is 49.4 Å². The zero-order valence-corrected chi connectivity index (χ0v) is 17.8. The normalized spacial score (nSPS) is 12.3. The molecule has 0 aliphatic heterocycles. The highest BCUT2D eigenvalue weighted by Crippen LogP contribution is 2.23. The Morgan fingerprint density at radius 3 is 2.46 bits per heavy atom. The zero-order chi connectivity index (χ0) is 20.7. The van der Waals surface area contributed by atoms with E-state index < -0.39 is 16.1 Å². The third-order valence-corrected chi connectivity index (χ3v) is 5.74. The summed E-state index contributed by atoms with van der Waals surface area (Å²) in [7, 11) is -3.63. The molecule has 0 heterocycles. The fourth-order valence-corrected chi connectivity index (χ4v) is 4.14. The molecule has 0 spiro atoms. The molecule has 0 saturated carbocycles. The highest BCUT2D eigenvalue weighted by Gasteiger charge is 2.31. The number of anilines is 1. The van der Waals surface area contributed by atoms with Crippen molar-refractivity contribution < 1.29 is 17.9 Å². The first kappa shape index (κ1) is 22.0. The lowest BCUT2D eigenvalue weighted by molar-refractivity contribution is -0.122. The van der Waals surface area contributed by atoms with Crippen LogP contribution in [0.2, 0.25) is 5.02 Å². The van der Waals surface area contributed by atoms with Gasteiger partial charge in [-0.15, -0.1) is 0 Å². The van der Waals surface area contributed by atoms with Crippen LogP contribution in [-0.2, 0) is 14.8 Å². The fourth-order valence-electron chi connectivity index (χ4n) is 2.76. The van der Waals surface area contributed by atoms with E-state index in [0.29, 0.717) is 22.9 Å². The highest BCUT2D eigenvalue weighted by molar-refractivity contribution is 7.92. The molecule has 0 aromatic heterocycles. The molecule has 1 amide bonds. The molecular weight excluding hydrogens is 400 g/mol. The summed E-state index contributed by atoms with van der Waals surface area (Å²) in [5.74, 6) is 0.237. The molecule has 0 radical (unpaired) electrons. The number of ether oxygens (including phenoxy) is 1. The monoisotopic (exact) mass is 424 g/mol. The zero-order valence-electron chi connectivity index (χ0n) is 16.2. The largest absolute Gasteiger partial charge is 0.492 e. The van der Waals surface area contributed by atoms with Crippen LogP contribution in [0.5, 0.6) is 5.75 Å². The number of aryl methyl sites for hydroxylation is 1. The Labute approximate surface area is 171 Å². The topological polar surface area (TPSA) is 75.7 Å². The molecule has 0 bridgehead atoms. The van der Waals surface area contributed by atoms with Crippen molar-refractivity contribution in [1.29, 1.82) is 0 Å². The van der Waals surface area contributed by atoms with Gasteiger partial charge in [-0.1, -0.05) is 42.8 Å². The Morgan fingerprint density at radius 2 is 1.89 bits per heavy atom. The summed E-state index contributed by atoms with van der Waals surface area (Å²) in [6, 6.07) is 13.1. The van der Waals surface area contributed by atoms with Crippen LogP contribution in [0.15, 0.2) is 48.5 Å². The summed E-state index contributed by atoms with van der Waals surface area (Å²) < 4.78 is 31.4. The molecule has 0 aliphatic carbocycles. The van der Waals surface area contributed by atoms with Crippen molar-refractivity contribution in [2.24, 2.45) is 0 Å². The van der Waals surface area contributed by atoms with Crippen LogP contribution in [0.3, 0.4) is 0 Å². The van der Waals surface area contributed by atoms with Crippen LogP contribution in [0.25, 0.3) is 0 Å². The number of halogens is 1. The minimum absolute atomic E-state index is 0.242. The average molecular weight is 425 g/mol. The van der Waals surface area contributed by atoms with Crippen LogP contribution >= 0.6 is 11.6 Å². The van der Waals surface area contributed by atoms with Gasteiger partial charge in [0.25, 0.3) is 0 Å². The number of carbonyl (C=O) groups excluding carboxylic acids is 1. The van der Waals surface area contributed by atoms with Gasteiger partial charge < -0.3 is 10.1 Å². The van der Waals surface area contributed by atoms with E-state index in [4.69, 9.17) is 16.3 Å². The maximum atomic E-state index is 12.7. The summed E-state index contributed by atoms with van der Waals surface area (Å²) in [6.45, 7) is 4.16. The predicted molar refractivity (Wildman–Crippen MR) is 113 cm³/mol. The van der Waals surface area contributed by atoms with Gasteiger partial charge in [-0.3, -0.25) is 9.10 Å². The van der Waals surface area contributed by atoms with Crippen LogP contribution in [-0.4, -0.2) is 39.8 Å². The smallest absolute Gasteiger partial charge is 0.244 e. The van der Waals surface area contributed by atoms with E-state index in [-0.39, 0.29) is 19.1 Å². The molecule has 2 aromatic rings. The number of nitrogens with one attached hydrogen (secondary N) is 1. The lowest BCUT2D eigenvalue weighted by Gasteiger charge is -2.30. The number of carbonyl (C=O) groups is 1. The Hall–Kier alpha value is -2.25. The molecule has 0 unspecified atom stereocenters. The number of rotatable bonds is 9. The number of sulfonamides is 1. The molecule has 6 nitrogen and oxygen atoms in total. The van der Waals surface area contributed by atoms with Gasteiger partial charge in [-0.05, 0) is 43.2 Å². The third kappa shape index (κ3) is 5.87. The van der Waals surface area contributed by atoms with Crippen molar-refractivity contribution in [2.75, 3.05) is 23.7 Å².